The number of rotatable bonds is 3. The van der Waals surface area contributed by atoms with Gasteiger partial charge in [-0.2, -0.15) is 13.2 Å². The summed E-state index contributed by atoms with van der Waals surface area (Å²) in [6.45, 7) is 5.24. The molecular formula is C21H23F3N4OS. The zero-order chi connectivity index (χ0) is 21.9. The van der Waals surface area contributed by atoms with Gasteiger partial charge in [0, 0.05) is 30.4 Å². The fourth-order valence-corrected chi connectivity index (χ4v) is 3.69. The lowest BCUT2D eigenvalue weighted by molar-refractivity contribution is -0.137. The van der Waals surface area contributed by atoms with Crippen LogP contribution in [0.1, 0.15) is 40.0 Å². The number of anilines is 1. The molecule has 0 atom stereocenters. The number of hydrogen-bond donors (Lipinski definition) is 2. The van der Waals surface area contributed by atoms with Crippen molar-refractivity contribution in [2.75, 3.05) is 18.4 Å². The van der Waals surface area contributed by atoms with Crippen LogP contribution in [-0.4, -0.2) is 40.0 Å². The maximum Gasteiger partial charge on any atom is 0.416 e. The Morgan fingerprint density at radius 3 is 2.33 bits per heavy atom. The normalized spacial score (nSPS) is 15.0. The fourth-order valence-electron chi connectivity index (χ4n) is 3.40. The summed E-state index contributed by atoms with van der Waals surface area (Å²) in [7, 11) is 0. The van der Waals surface area contributed by atoms with Crippen LogP contribution in [0, 0.1) is 13.8 Å². The lowest BCUT2D eigenvalue weighted by Gasteiger charge is -2.34. The van der Waals surface area contributed by atoms with Crippen molar-refractivity contribution in [3.05, 3.63) is 58.8 Å². The number of piperidine rings is 1. The van der Waals surface area contributed by atoms with E-state index in [2.05, 4.69) is 15.6 Å². The molecular weight excluding hydrogens is 413 g/mol. The van der Waals surface area contributed by atoms with Gasteiger partial charge in [-0.05, 0) is 80.9 Å². The number of aryl methyl sites for hydroxylation is 2. The molecule has 1 aliphatic heterocycles. The number of thiocarbonyl (C=S) groups is 1. The monoisotopic (exact) mass is 436 g/mol. The van der Waals surface area contributed by atoms with Gasteiger partial charge in [-0.3, -0.25) is 4.79 Å². The van der Waals surface area contributed by atoms with Gasteiger partial charge in [0.05, 0.1) is 5.56 Å². The number of carbonyl (C=O) groups is 1. The summed E-state index contributed by atoms with van der Waals surface area (Å²) < 4.78 is 37.9. The van der Waals surface area contributed by atoms with E-state index in [1.807, 2.05) is 30.9 Å². The fraction of sp³-hybridized carbons (Fsp3) is 0.381. The van der Waals surface area contributed by atoms with Gasteiger partial charge in [0.1, 0.15) is 5.82 Å². The van der Waals surface area contributed by atoms with E-state index >= 15 is 0 Å². The highest BCUT2D eigenvalue weighted by Gasteiger charge is 2.30. The topological polar surface area (TPSA) is 57.3 Å². The molecule has 1 fully saturated rings. The Bertz CT molecular complexity index is 903. The lowest BCUT2D eigenvalue weighted by Crippen LogP contribution is -2.47. The molecule has 2 N–H and O–H groups in total. The standard InChI is InChI=1S/C21H23F3N4OS/c1-13-11-14(2)25-18(12-13)27-20(30)28-9-7-17(8-10-28)26-19(29)15-3-5-16(6-4-15)21(22,23)24/h3-6,11-12,17H,7-10H2,1-2H3,(H,26,29)(H,25,27,30). The number of nitrogens with one attached hydrogen (secondary N) is 2. The van der Waals surface area contributed by atoms with Crippen molar-refractivity contribution in [2.45, 2.75) is 38.9 Å². The van der Waals surface area contributed by atoms with Crippen LogP contribution in [0.15, 0.2) is 36.4 Å². The smallest absolute Gasteiger partial charge is 0.349 e. The van der Waals surface area contributed by atoms with E-state index in [1.54, 1.807) is 0 Å². The lowest BCUT2D eigenvalue weighted by atomic mass is 10.0. The molecule has 5 nitrogen and oxygen atoms in total. The van der Waals surface area contributed by atoms with E-state index in [-0.39, 0.29) is 17.5 Å². The van der Waals surface area contributed by atoms with Crippen LogP contribution >= 0.6 is 12.2 Å². The highest BCUT2D eigenvalue weighted by Crippen LogP contribution is 2.29. The highest BCUT2D eigenvalue weighted by atomic mass is 32.1. The first-order chi connectivity index (χ1) is 14.1. The Morgan fingerprint density at radius 2 is 1.77 bits per heavy atom. The van der Waals surface area contributed by atoms with Gasteiger partial charge in [-0.15, -0.1) is 0 Å². The first-order valence-corrected chi connectivity index (χ1v) is 10.0. The zero-order valence-electron chi connectivity index (χ0n) is 16.7. The van der Waals surface area contributed by atoms with Crippen LogP contribution in [-0.2, 0) is 6.18 Å². The van der Waals surface area contributed by atoms with Gasteiger partial charge >= 0.3 is 6.18 Å². The summed E-state index contributed by atoms with van der Waals surface area (Å²) in [5.74, 6) is 0.331. The minimum Gasteiger partial charge on any atom is -0.349 e. The Hall–Kier alpha value is -2.68. The molecule has 0 unspecified atom stereocenters. The molecule has 0 spiro atoms. The molecule has 1 saturated heterocycles. The number of carbonyl (C=O) groups excluding carboxylic acids is 1. The molecule has 160 valence electrons. The first-order valence-electron chi connectivity index (χ1n) is 9.61. The molecule has 0 saturated carbocycles. The average Bonchev–Trinajstić information content (AvgIpc) is 2.67. The highest BCUT2D eigenvalue weighted by molar-refractivity contribution is 7.80. The second-order valence-electron chi connectivity index (χ2n) is 7.41. The van der Waals surface area contributed by atoms with E-state index < -0.39 is 11.7 Å². The second kappa shape index (κ2) is 8.99. The number of hydrogen-bond acceptors (Lipinski definition) is 3. The zero-order valence-corrected chi connectivity index (χ0v) is 17.5. The van der Waals surface area contributed by atoms with Crippen molar-refractivity contribution in [1.82, 2.24) is 15.2 Å². The van der Waals surface area contributed by atoms with Crippen molar-refractivity contribution >= 4 is 29.1 Å². The average molecular weight is 437 g/mol. The molecule has 0 bridgehead atoms. The minimum atomic E-state index is -4.42. The first kappa shape index (κ1) is 22.0. The number of halogens is 3. The molecule has 1 aliphatic rings. The number of aromatic nitrogens is 1. The molecule has 30 heavy (non-hydrogen) atoms. The molecule has 1 aromatic carbocycles. The van der Waals surface area contributed by atoms with Crippen LogP contribution in [0.3, 0.4) is 0 Å². The summed E-state index contributed by atoms with van der Waals surface area (Å²) in [4.78, 5) is 18.8. The van der Waals surface area contributed by atoms with Gasteiger partial charge < -0.3 is 15.5 Å². The van der Waals surface area contributed by atoms with E-state index in [1.165, 1.54) is 12.1 Å². The van der Waals surface area contributed by atoms with E-state index in [0.717, 1.165) is 23.4 Å². The maximum absolute atomic E-state index is 12.6. The van der Waals surface area contributed by atoms with E-state index in [9.17, 15) is 18.0 Å². The van der Waals surface area contributed by atoms with Crippen molar-refractivity contribution < 1.29 is 18.0 Å². The van der Waals surface area contributed by atoms with Crippen LogP contribution in [0.25, 0.3) is 0 Å². The largest absolute Gasteiger partial charge is 0.416 e. The maximum atomic E-state index is 12.6. The molecule has 2 aromatic rings. The predicted octanol–water partition coefficient (Wildman–Crippen LogP) is 4.31. The third kappa shape index (κ3) is 5.69. The summed E-state index contributed by atoms with van der Waals surface area (Å²) >= 11 is 5.48. The van der Waals surface area contributed by atoms with E-state index in [4.69, 9.17) is 12.2 Å². The molecule has 1 aromatic heterocycles. The van der Waals surface area contributed by atoms with Gasteiger partial charge in [0.25, 0.3) is 5.91 Å². The van der Waals surface area contributed by atoms with Crippen molar-refractivity contribution in [2.24, 2.45) is 0 Å². The minimum absolute atomic E-state index is 0.0572. The number of alkyl halides is 3. The number of benzene rings is 1. The molecule has 0 radical (unpaired) electrons. The van der Waals surface area contributed by atoms with Gasteiger partial charge in [-0.25, -0.2) is 4.98 Å². The Balaban J connectivity index is 1.50. The van der Waals surface area contributed by atoms with Crippen LogP contribution < -0.4 is 10.6 Å². The molecule has 0 aliphatic carbocycles. The molecule has 9 heteroatoms. The molecule has 1 amide bonds. The van der Waals surface area contributed by atoms with Crippen molar-refractivity contribution in [1.29, 1.82) is 0 Å². The quantitative estimate of drug-likeness (QED) is 0.703. The number of pyridine rings is 1. The third-order valence-corrected chi connectivity index (χ3v) is 5.28. The Labute approximate surface area is 178 Å². The summed E-state index contributed by atoms with van der Waals surface area (Å²) in [5, 5.41) is 6.64. The van der Waals surface area contributed by atoms with Gasteiger partial charge in [-0.1, -0.05) is 0 Å². The molecule has 2 heterocycles. The van der Waals surface area contributed by atoms with Crippen LogP contribution in [0.2, 0.25) is 0 Å². The number of likely N-dealkylation sites (tertiary alicyclic amines) is 1. The Morgan fingerprint density at radius 1 is 1.13 bits per heavy atom. The summed E-state index contributed by atoms with van der Waals surface area (Å²) in [6, 6.07) is 8.09. The molecule has 3 rings (SSSR count). The number of amides is 1. The van der Waals surface area contributed by atoms with Crippen LogP contribution in [0.4, 0.5) is 19.0 Å². The van der Waals surface area contributed by atoms with Crippen LogP contribution in [0.5, 0.6) is 0 Å². The SMILES string of the molecule is Cc1cc(C)nc(NC(=S)N2CCC(NC(=O)c3ccc(C(F)(F)F)cc3)CC2)c1. The number of nitrogens with zero attached hydrogens (tertiary/aromatic N) is 2. The van der Waals surface area contributed by atoms with Crippen molar-refractivity contribution in [3.8, 4) is 0 Å². The van der Waals surface area contributed by atoms with Crippen molar-refractivity contribution in [3.63, 3.8) is 0 Å². The van der Waals surface area contributed by atoms with Gasteiger partial charge in [0.15, 0.2) is 5.11 Å². The Kier molecular flexibility index (Phi) is 6.60. The summed E-state index contributed by atoms with van der Waals surface area (Å²) in [5.41, 5.74) is 1.44. The van der Waals surface area contributed by atoms with E-state index in [0.29, 0.717) is 36.9 Å². The van der Waals surface area contributed by atoms with Gasteiger partial charge in [0.2, 0.25) is 0 Å². The summed E-state index contributed by atoms with van der Waals surface area (Å²) in [6.07, 6.45) is -3.04. The third-order valence-electron chi connectivity index (χ3n) is 4.92. The predicted molar refractivity (Wildman–Crippen MR) is 113 cm³/mol. The second-order valence-corrected chi connectivity index (χ2v) is 7.80.